The number of esters is 1. The zero-order valence-corrected chi connectivity index (χ0v) is 16.3. The Kier molecular flexibility index (Phi) is 10.0. The highest BCUT2D eigenvalue weighted by Crippen LogP contribution is 2.06. The molecule has 2 aromatic rings. The maximum atomic E-state index is 13.0. The number of amides is 1. The highest BCUT2D eigenvalue weighted by atomic mass is 19.1. The van der Waals surface area contributed by atoms with Crippen LogP contribution in [0.2, 0.25) is 0 Å². The predicted octanol–water partition coefficient (Wildman–Crippen LogP) is 5.03. The number of carbonyl (C=O) groups excluding carboxylic acids is 2. The summed E-state index contributed by atoms with van der Waals surface area (Å²) in [5.74, 6) is -1.01. The maximum absolute atomic E-state index is 13.0. The summed E-state index contributed by atoms with van der Waals surface area (Å²) in [6.07, 6.45) is 6.96. The number of rotatable bonds is 11. The van der Waals surface area contributed by atoms with Crippen LogP contribution in [0.15, 0.2) is 66.7 Å². The molecular formula is C23H26FNO4. The number of ether oxygens (including phenoxy) is 2. The Labute approximate surface area is 170 Å². The van der Waals surface area contributed by atoms with Crippen molar-refractivity contribution < 1.29 is 23.5 Å². The average Bonchev–Trinajstić information content (AvgIpc) is 2.74. The van der Waals surface area contributed by atoms with Crippen LogP contribution in [0, 0.1) is 5.82 Å². The van der Waals surface area contributed by atoms with Gasteiger partial charge in [0.15, 0.2) is 0 Å². The number of hydrogen-bond acceptors (Lipinski definition) is 4. The fourth-order valence-electron chi connectivity index (χ4n) is 2.54. The van der Waals surface area contributed by atoms with Crippen molar-refractivity contribution in [2.75, 3.05) is 13.2 Å². The minimum absolute atomic E-state index is 0.157. The first-order valence-electron chi connectivity index (χ1n) is 9.67. The maximum Gasteiger partial charge on any atom is 0.407 e. The molecule has 0 bridgehead atoms. The highest BCUT2D eigenvalue weighted by molar-refractivity contribution is 5.89. The van der Waals surface area contributed by atoms with Gasteiger partial charge in [0.05, 0.1) is 5.56 Å². The normalized spacial score (nSPS) is 10.7. The van der Waals surface area contributed by atoms with Crippen LogP contribution in [0.3, 0.4) is 0 Å². The monoisotopic (exact) mass is 399 g/mol. The molecule has 5 nitrogen and oxygen atoms in total. The second-order valence-electron chi connectivity index (χ2n) is 6.42. The topological polar surface area (TPSA) is 64.6 Å². The standard InChI is InChI=1S/C23H26FNO4/c24-21-14-10-13-20(17-21)22(26)28-16-9-4-2-1-3-8-15-25-23(27)29-18-19-11-6-5-7-12-19/h4-7,9-14,17H,1-3,8,15-16,18H2,(H,25,27)/b9-4+. The number of allylic oxidation sites excluding steroid dienone is 1. The van der Waals surface area contributed by atoms with Gasteiger partial charge in [0.1, 0.15) is 19.0 Å². The first kappa shape index (κ1) is 22.1. The fraction of sp³-hybridized carbons (Fsp3) is 0.304. The van der Waals surface area contributed by atoms with Gasteiger partial charge in [0, 0.05) is 6.54 Å². The van der Waals surface area contributed by atoms with Crippen LogP contribution in [0.5, 0.6) is 0 Å². The first-order valence-corrected chi connectivity index (χ1v) is 9.67. The molecule has 2 aromatic carbocycles. The van der Waals surface area contributed by atoms with Gasteiger partial charge >= 0.3 is 12.1 Å². The Balaban J connectivity index is 1.44. The number of unbranched alkanes of at least 4 members (excludes halogenated alkanes) is 3. The molecule has 0 saturated heterocycles. The molecule has 0 aromatic heterocycles. The fourth-order valence-corrected chi connectivity index (χ4v) is 2.54. The van der Waals surface area contributed by atoms with Gasteiger partial charge < -0.3 is 14.8 Å². The Morgan fingerprint density at radius 1 is 0.931 bits per heavy atom. The van der Waals surface area contributed by atoms with E-state index in [1.54, 1.807) is 6.08 Å². The largest absolute Gasteiger partial charge is 0.458 e. The lowest BCUT2D eigenvalue weighted by Crippen LogP contribution is -2.25. The number of carbonyl (C=O) groups is 2. The van der Waals surface area contributed by atoms with Crippen LogP contribution < -0.4 is 5.32 Å². The van der Waals surface area contributed by atoms with Crippen molar-refractivity contribution in [3.8, 4) is 0 Å². The molecule has 29 heavy (non-hydrogen) atoms. The molecule has 0 aliphatic carbocycles. The summed E-state index contributed by atoms with van der Waals surface area (Å²) in [5, 5.41) is 2.73. The van der Waals surface area contributed by atoms with E-state index in [0.29, 0.717) is 6.54 Å². The van der Waals surface area contributed by atoms with Gasteiger partial charge in [-0.2, -0.15) is 0 Å². The molecule has 2 rings (SSSR count). The second-order valence-corrected chi connectivity index (χ2v) is 6.42. The number of halogens is 1. The van der Waals surface area contributed by atoms with E-state index in [0.717, 1.165) is 37.3 Å². The Morgan fingerprint density at radius 3 is 2.55 bits per heavy atom. The van der Waals surface area contributed by atoms with E-state index < -0.39 is 17.9 Å². The minimum Gasteiger partial charge on any atom is -0.458 e. The smallest absolute Gasteiger partial charge is 0.407 e. The van der Waals surface area contributed by atoms with Crippen LogP contribution in [-0.2, 0) is 16.1 Å². The number of benzene rings is 2. The molecule has 1 N–H and O–H groups in total. The average molecular weight is 399 g/mol. The molecule has 0 fully saturated rings. The van der Waals surface area contributed by atoms with E-state index in [1.165, 1.54) is 18.2 Å². The lowest BCUT2D eigenvalue weighted by Gasteiger charge is -2.06. The third-order valence-electron chi connectivity index (χ3n) is 4.07. The molecule has 0 atom stereocenters. The summed E-state index contributed by atoms with van der Waals surface area (Å²) in [7, 11) is 0. The lowest BCUT2D eigenvalue weighted by molar-refractivity contribution is 0.0548. The third kappa shape index (κ3) is 9.55. The zero-order chi connectivity index (χ0) is 20.7. The van der Waals surface area contributed by atoms with E-state index in [9.17, 15) is 14.0 Å². The van der Waals surface area contributed by atoms with Gasteiger partial charge in [-0.1, -0.05) is 55.0 Å². The molecule has 0 heterocycles. The number of hydrogen-bond donors (Lipinski definition) is 1. The number of alkyl carbamates (subject to hydrolysis) is 1. The van der Waals surface area contributed by atoms with Crippen molar-refractivity contribution in [3.05, 3.63) is 83.7 Å². The summed E-state index contributed by atoms with van der Waals surface area (Å²) in [5.41, 5.74) is 1.16. The Bertz CT molecular complexity index is 792. The summed E-state index contributed by atoms with van der Waals surface area (Å²) < 4.78 is 23.2. The quantitative estimate of drug-likeness (QED) is 0.327. The summed E-state index contributed by atoms with van der Waals surface area (Å²) in [6, 6.07) is 14.9. The Morgan fingerprint density at radius 2 is 1.76 bits per heavy atom. The van der Waals surface area contributed by atoms with Crippen molar-refractivity contribution in [3.63, 3.8) is 0 Å². The van der Waals surface area contributed by atoms with Crippen molar-refractivity contribution in [1.82, 2.24) is 5.32 Å². The minimum atomic E-state index is -0.542. The molecule has 0 spiro atoms. The van der Waals surface area contributed by atoms with E-state index in [1.807, 2.05) is 36.4 Å². The van der Waals surface area contributed by atoms with Crippen LogP contribution in [0.1, 0.15) is 41.6 Å². The zero-order valence-electron chi connectivity index (χ0n) is 16.3. The van der Waals surface area contributed by atoms with Crippen molar-refractivity contribution in [2.45, 2.75) is 32.3 Å². The van der Waals surface area contributed by atoms with Gasteiger partial charge in [-0.3, -0.25) is 0 Å². The van der Waals surface area contributed by atoms with Gasteiger partial charge in [-0.25, -0.2) is 14.0 Å². The molecule has 154 valence electrons. The van der Waals surface area contributed by atoms with Gasteiger partial charge in [0.25, 0.3) is 0 Å². The van der Waals surface area contributed by atoms with Crippen LogP contribution in [0.4, 0.5) is 9.18 Å². The molecule has 0 aliphatic rings. The molecule has 1 amide bonds. The molecule has 6 heteroatoms. The Hall–Kier alpha value is -3.15. The summed E-state index contributed by atoms with van der Waals surface area (Å²) in [4.78, 5) is 23.3. The lowest BCUT2D eigenvalue weighted by atomic mass is 10.2. The van der Waals surface area contributed by atoms with Crippen LogP contribution >= 0.6 is 0 Å². The molecule has 0 radical (unpaired) electrons. The van der Waals surface area contributed by atoms with Gasteiger partial charge in [-0.15, -0.1) is 0 Å². The highest BCUT2D eigenvalue weighted by Gasteiger charge is 2.06. The summed E-state index contributed by atoms with van der Waals surface area (Å²) >= 11 is 0. The van der Waals surface area contributed by atoms with Crippen molar-refractivity contribution in [2.24, 2.45) is 0 Å². The van der Waals surface area contributed by atoms with Gasteiger partial charge in [0.2, 0.25) is 0 Å². The van der Waals surface area contributed by atoms with Crippen molar-refractivity contribution >= 4 is 12.1 Å². The molecule has 0 aliphatic heterocycles. The van der Waals surface area contributed by atoms with Crippen LogP contribution in [-0.4, -0.2) is 25.2 Å². The van der Waals surface area contributed by atoms with Crippen LogP contribution in [0.25, 0.3) is 0 Å². The van der Waals surface area contributed by atoms with E-state index >= 15 is 0 Å². The predicted molar refractivity (Wildman–Crippen MR) is 109 cm³/mol. The molecule has 0 saturated carbocycles. The molecular weight excluding hydrogens is 373 g/mol. The molecule has 0 unspecified atom stereocenters. The van der Waals surface area contributed by atoms with Crippen molar-refractivity contribution in [1.29, 1.82) is 0 Å². The second kappa shape index (κ2) is 13.1. The summed E-state index contributed by atoms with van der Waals surface area (Å²) in [6.45, 7) is 0.994. The van der Waals surface area contributed by atoms with Gasteiger partial charge in [-0.05, 0) is 43.0 Å². The van der Waals surface area contributed by atoms with E-state index in [2.05, 4.69) is 5.32 Å². The van der Waals surface area contributed by atoms with E-state index in [-0.39, 0.29) is 18.8 Å². The first-order chi connectivity index (χ1) is 14.1. The number of nitrogens with one attached hydrogen (secondary N) is 1. The SMILES string of the molecule is O=C(NCCCCC/C=C/COC(=O)c1cccc(F)c1)OCc1ccccc1. The van der Waals surface area contributed by atoms with E-state index in [4.69, 9.17) is 9.47 Å². The third-order valence-corrected chi connectivity index (χ3v) is 4.07.